The molecule has 0 fully saturated rings. The molecule has 8 heteroatoms. The minimum Gasteiger partial charge on any atom is -0.325 e. The van der Waals surface area contributed by atoms with Crippen molar-refractivity contribution >= 4 is 67.5 Å². The summed E-state index contributed by atoms with van der Waals surface area (Å²) in [5.74, 6) is 0.181. The zero-order valence-electron chi connectivity index (χ0n) is 14.6. The Hall–Kier alpha value is -2.09. The number of fused-ring (bicyclic) bond motifs is 1. The van der Waals surface area contributed by atoms with Crippen molar-refractivity contribution in [3.63, 3.8) is 0 Å². The summed E-state index contributed by atoms with van der Waals surface area (Å²) in [7, 11) is 0. The molecule has 0 aliphatic carbocycles. The van der Waals surface area contributed by atoms with E-state index in [1.165, 1.54) is 23.1 Å². The van der Waals surface area contributed by atoms with E-state index < -0.39 is 0 Å². The van der Waals surface area contributed by atoms with Crippen molar-refractivity contribution in [3.05, 3.63) is 47.5 Å². The van der Waals surface area contributed by atoms with Crippen LogP contribution in [0.4, 0.5) is 10.8 Å². The molecule has 0 aliphatic heterocycles. The molecule has 5 nitrogen and oxygen atoms in total. The van der Waals surface area contributed by atoms with Gasteiger partial charge >= 0.3 is 0 Å². The molecule has 0 saturated carbocycles. The van der Waals surface area contributed by atoms with Crippen molar-refractivity contribution in [3.8, 4) is 0 Å². The van der Waals surface area contributed by atoms with Crippen LogP contribution in [0.5, 0.6) is 0 Å². The number of benzene rings is 2. The van der Waals surface area contributed by atoms with E-state index in [1.54, 1.807) is 12.1 Å². The largest absolute Gasteiger partial charge is 0.325 e. The van der Waals surface area contributed by atoms with E-state index in [0.717, 1.165) is 21.5 Å². The van der Waals surface area contributed by atoms with Crippen molar-refractivity contribution in [2.24, 2.45) is 0 Å². The van der Waals surface area contributed by atoms with E-state index in [0.29, 0.717) is 28.0 Å². The van der Waals surface area contributed by atoms with Crippen LogP contribution in [0.25, 0.3) is 10.2 Å². The van der Waals surface area contributed by atoms with E-state index >= 15 is 0 Å². The van der Waals surface area contributed by atoms with Crippen LogP contribution in [0.15, 0.2) is 47.4 Å². The summed E-state index contributed by atoms with van der Waals surface area (Å²) in [6.07, 6.45) is 1.27. The monoisotopic (exact) mass is 419 g/mol. The van der Waals surface area contributed by atoms with E-state index in [4.69, 9.17) is 11.6 Å². The number of hydrogen-bond acceptors (Lipinski definition) is 5. The van der Waals surface area contributed by atoms with Gasteiger partial charge in [0.05, 0.1) is 16.0 Å². The van der Waals surface area contributed by atoms with Gasteiger partial charge in [0.1, 0.15) is 0 Å². The molecule has 3 rings (SSSR count). The third kappa shape index (κ3) is 5.69. The van der Waals surface area contributed by atoms with Gasteiger partial charge in [-0.05, 0) is 48.9 Å². The standard InChI is InChI=1S/C19H18ClN3O2S2/c1-2-3-17(24)23-19-22-15-9-6-13(10-16(15)27-19)21-18(25)11-26-14-7-4-12(20)5-8-14/h4-10H,2-3,11H2,1H3,(H,21,25)(H,22,23,24). The Bertz CT molecular complexity index is 957. The number of thioether (sulfide) groups is 1. The lowest BCUT2D eigenvalue weighted by Crippen LogP contribution is -2.13. The maximum Gasteiger partial charge on any atom is 0.234 e. The minimum absolute atomic E-state index is 0.0377. The fourth-order valence-corrected chi connectivity index (χ4v) is 4.09. The smallest absolute Gasteiger partial charge is 0.234 e. The highest BCUT2D eigenvalue weighted by Crippen LogP contribution is 2.29. The van der Waals surface area contributed by atoms with E-state index in [1.807, 2.05) is 37.3 Å². The lowest BCUT2D eigenvalue weighted by molar-refractivity contribution is -0.116. The van der Waals surface area contributed by atoms with Gasteiger partial charge in [0.2, 0.25) is 11.8 Å². The molecule has 2 N–H and O–H groups in total. The molecular formula is C19H18ClN3O2S2. The predicted molar refractivity (Wildman–Crippen MR) is 114 cm³/mol. The summed E-state index contributed by atoms with van der Waals surface area (Å²) in [4.78, 5) is 29.3. The first-order valence-electron chi connectivity index (χ1n) is 8.42. The minimum atomic E-state index is -0.0877. The van der Waals surface area contributed by atoms with Crippen LogP contribution in [0, 0.1) is 0 Å². The van der Waals surface area contributed by atoms with Gasteiger partial charge in [0.25, 0.3) is 0 Å². The Morgan fingerprint density at radius 2 is 1.89 bits per heavy atom. The Labute approximate surface area is 170 Å². The number of carbonyl (C=O) groups is 2. The summed E-state index contributed by atoms with van der Waals surface area (Å²) < 4.78 is 0.907. The van der Waals surface area contributed by atoms with Crippen LogP contribution in [0.2, 0.25) is 5.02 Å². The van der Waals surface area contributed by atoms with Crippen LogP contribution >= 0.6 is 34.7 Å². The van der Waals surface area contributed by atoms with Gasteiger partial charge in [0.15, 0.2) is 5.13 Å². The van der Waals surface area contributed by atoms with Gasteiger partial charge in [-0.15, -0.1) is 11.8 Å². The number of thiazole rings is 1. The summed E-state index contributed by atoms with van der Waals surface area (Å²) in [6.45, 7) is 1.96. The van der Waals surface area contributed by atoms with Gasteiger partial charge in [-0.3, -0.25) is 9.59 Å². The van der Waals surface area contributed by atoms with E-state index in [-0.39, 0.29) is 11.8 Å². The molecule has 0 radical (unpaired) electrons. The highest BCUT2D eigenvalue weighted by molar-refractivity contribution is 8.00. The molecular weight excluding hydrogens is 402 g/mol. The van der Waals surface area contributed by atoms with Crippen molar-refractivity contribution in [2.75, 3.05) is 16.4 Å². The van der Waals surface area contributed by atoms with Gasteiger partial charge in [-0.25, -0.2) is 4.98 Å². The van der Waals surface area contributed by atoms with E-state index in [2.05, 4.69) is 15.6 Å². The first kappa shape index (κ1) is 19.7. The summed E-state index contributed by atoms with van der Waals surface area (Å²) in [5.41, 5.74) is 1.50. The summed E-state index contributed by atoms with van der Waals surface area (Å²) in [5, 5.41) is 6.94. The number of halogens is 1. The molecule has 0 atom stereocenters. The van der Waals surface area contributed by atoms with Gasteiger partial charge < -0.3 is 10.6 Å². The quantitative estimate of drug-likeness (QED) is 0.501. The lowest BCUT2D eigenvalue weighted by Gasteiger charge is -2.05. The van der Waals surface area contributed by atoms with Gasteiger partial charge in [0, 0.05) is 22.0 Å². The lowest BCUT2D eigenvalue weighted by atomic mass is 10.3. The third-order valence-electron chi connectivity index (χ3n) is 3.58. The molecule has 2 aromatic carbocycles. The topological polar surface area (TPSA) is 71.1 Å². The second-order valence-corrected chi connectivity index (χ2v) is 8.31. The highest BCUT2D eigenvalue weighted by Gasteiger charge is 2.09. The maximum absolute atomic E-state index is 12.2. The van der Waals surface area contributed by atoms with Gasteiger partial charge in [-0.1, -0.05) is 29.9 Å². The van der Waals surface area contributed by atoms with Crippen molar-refractivity contribution in [2.45, 2.75) is 24.7 Å². The SMILES string of the molecule is CCCC(=O)Nc1nc2ccc(NC(=O)CSc3ccc(Cl)cc3)cc2s1. The van der Waals surface area contributed by atoms with Crippen molar-refractivity contribution < 1.29 is 9.59 Å². The van der Waals surface area contributed by atoms with E-state index in [9.17, 15) is 9.59 Å². The molecule has 0 spiro atoms. The highest BCUT2D eigenvalue weighted by atomic mass is 35.5. The zero-order valence-corrected chi connectivity index (χ0v) is 17.0. The summed E-state index contributed by atoms with van der Waals surface area (Å²) in [6, 6.07) is 12.9. The predicted octanol–water partition coefficient (Wildman–Crippen LogP) is 5.42. The molecule has 0 unspecified atom stereocenters. The molecule has 1 aromatic heterocycles. The normalized spacial score (nSPS) is 10.7. The molecule has 1 heterocycles. The number of anilines is 2. The average molecular weight is 420 g/mol. The Balaban J connectivity index is 1.60. The zero-order chi connectivity index (χ0) is 19.2. The third-order valence-corrected chi connectivity index (χ3v) is 5.78. The molecule has 2 amide bonds. The van der Waals surface area contributed by atoms with Crippen LogP contribution in [0.3, 0.4) is 0 Å². The maximum atomic E-state index is 12.2. The Morgan fingerprint density at radius 1 is 1.11 bits per heavy atom. The Kier molecular flexibility index (Phi) is 6.71. The number of nitrogens with zero attached hydrogens (tertiary/aromatic N) is 1. The van der Waals surface area contributed by atoms with Crippen molar-refractivity contribution in [1.82, 2.24) is 4.98 Å². The average Bonchev–Trinajstić information content (AvgIpc) is 3.02. The molecule has 0 saturated heterocycles. The molecule has 140 valence electrons. The van der Waals surface area contributed by atoms with Crippen LogP contribution in [0.1, 0.15) is 19.8 Å². The Morgan fingerprint density at radius 3 is 2.63 bits per heavy atom. The number of aromatic nitrogens is 1. The summed E-state index contributed by atoms with van der Waals surface area (Å²) >= 11 is 8.70. The number of hydrogen-bond donors (Lipinski definition) is 2. The number of carbonyl (C=O) groups excluding carboxylic acids is 2. The molecule has 0 bridgehead atoms. The van der Waals surface area contributed by atoms with Gasteiger partial charge in [-0.2, -0.15) is 0 Å². The second-order valence-electron chi connectivity index (χ2n) is 5.79. The number of amides is 2. The fraction of sp³-hybridized carbons (Fsp3) is 0.211. The fourth-order valence-electron chi connectivity index (χ4n) is 2.34. The van der Waals surface area contributed by atoms with Crippen LogP contribution < -0.4 is 10.6 Å². The molecule has 0 aliphatic rings. The van der Waals surface area contributed by atoms with Crippen LogP contribution in [-0.4, -0.2) is 22.6 Å². The van der Waals surface area contributed by atoms with Crippen molar-refractivity contribution in [1.29, 1.82) is 0 Å². The molecule has 27 heavy (non-hydrogen) atoms. The molecule has 3 aromatic rings. The second kappa shape index (κ2) is 9.21. The number of nitrogens with one attached hydrogen (secondary N) is 2. The first-order chi connectivity index (χ1) is 13.0. The number of rotatable bonds is 7. The van der Waals surface area contributed by atoms with Crippen LogP contribution in [-0.2, 0) is 9.59 Å². The first-order valence-corrected chi connectivity index (χ1v) is 10.6.